The second-order valence-corrected chi connectivity index (χ2v) is 8.70. The molecule has 0 unspecified atom stereocenters. The van der Waals surface area contributed by atoms with Crippen molar-refractivity contribution >= 4 is 45.0 Å². The zero-order chi connectivity index (χ0) is 21.9. The third kappa shape index (κ3) is 5.95. The quantitative estimate of drug-likeness (QED) is 0.315. The molecule has 0 radical (unpaired) electrons. The van der Waals surface area contributed by atoms with Crippen molar-refractivity contribution in [2.45, 2.75) is 47.3 Å². The van der Waals surface area contributed by atoms with E-state index in [-0.39, 0.29) is 20.6 Å². The minimum absolute atomic E-state index is 0. The van der Waals surface area contributed by atoms with Crippen molar-refractivity contribution in [3.63, 3.8) is 0 Å². The van der Waals surface area contributed by atoms with Gasteiger partial charge in [-0.3, -0.25) is 0 Å². The lowest BCUT2D eigenvalue weighted by atomic mass is 10.1. The Bertz CT molecular complexity index is 1090. The summed E-state index contributed by atoms with van der Waals surface area (Å²) in [5.41, 5.74) is 0.992. The fraction of sp³-hybridized carbons (Fsp3) is 0.348. The molecule has 3 rings (SSSR count). The van der Waals surface area contributed by atoms with Crippen LogP contribution in [0.4, 0.5) is 0 Å². The zero-order valence-corrected chi connectivity index (χ0v) is 18.7. The van der Waals surface area contributed by atoms with Crippen LogP contribution in [0.3, 0.4) is 0 Å². The van der Waals surface area contributed by atoms with E-state index in [1.807, 2.05) is 26.2 Å². The molecule has 8 heteroatoms. The second-order valence-electron chi connectivity index (χ2n) is 7.47. The molecule has 0 saturated heterocycles. The molecule has 1 aromatic carbocycles. The summed E-state index contributed by atoms with van der Waals surface area (Å²) in [6.45, 7) is 7.67. The number of fused-ring (bicyclic) bond motifs is 1. The average molecular weight is 464 g/mol. The monoisotopic (exact) mass is 463 g/mol. The number of halogens is 1. The number of esters is 2. The number of rotatable bonds is 6. The highest BCUT2D eigenvalue weighted by molar-refractivity contribution is 7.17. The summed E-state index contributed by atoms with van der Waals surface area (Å²) in [5.74, 6) is -0.338. The molecule has 2 aromatic heterocycles. The molecule has 0 saturated carbocycles. The highest BCUT2D eigenvalue weighted by Crippen LogP contribution is 2.34. The lowest BCUT2D eigenvalue weighted by Crippen LogP contribution is -2.23. The van der Waals surface area contributed by atoms with Gasteiger partial charge in [-0.1, -0.05) is 25.1 Å². The molecule has 0 aliphatic heterocycles. The maximum Gasteiger partial charge on any atom is 0.341 e. The van der Waals surface area contributed by atoms with Crippen LogP contribution in [-0.2, 0) is 16.1 Å². The molecule has 0 aliphatic carbocycles. The lowest BCUT2D eigenvalue weighted by molar-refractivity contribution is 0.00688. The van der Waals surface area contributed by atoms with E-state index in [2.05, 4.69) is 4.98 Å². The number of thiophene rings is 1. The van der Waals surface area contributed by atoms with Crippen molar-refractivity contribution in [2.75, 3.05) is 6.61 Å². The maximum absolute atomic E-state index is 12.3. The summed E-state index contributed by atoms with van der Waals surface area (Å²) in [6.07, 6.45) is 1.42. The van der Waals surface area contributed by atoms with Crippen LogP contribution in [0.5, 0.6) is 5.75 Å². The first-order chi connectivity index (χ1) is 14.2. The highest BCUT2D eigenvalue weighted by Gasteiger charge is 2.20. The third-order valence-corrected chi connectivity index (χ3v) is 5.33. The number of carbonyl (C=O) groups excluding carboxylic acids is 2. The molecule has 2 heterocycles. The Morgan fingerprint density at radius 1 is 1.19 bits per heavy atom. The number of nitrogens with zero attached hydrogens (tertiary/aromatic N) is 1. The average Bonchev–Trinajstić information content (AvgIpc) is 3.10. The van der Waals surface area contributed by atoms with E-state index in [0.29, 0.717) is 32.1 Å². The first-order valence-electron chi connectivity index (χ1n) is 9.37. The zero-order valence-electron chi connectivity index (χ0n) is 17.2. The van der Waals surface area contributed by atoms with Gasteiger partial charge in [0.1, 0.15) is 23.1 Å². The molecule has 0 aliphatic rings. The standard InChI is InChI=1S/C22H22ClNO5S.CH4/c1-5-27-21(26)16-10-24-19(23)17-14(12-30-18(16)17)11-28-15-8-6-7-13(9-15)20(25)29-22(2,3)4;/h6-10,12H,5,11H2,1-4H3;1H4. The molecule has 31 heavy (non-hydrogen) atoms. The van der Waals surface area contributed by atoms with Gasteiger partial charge in [0.25, 0.3) is 0 Å². The summed E-state index contributed by atoms with van der Waals surface area (Å²) in [5, 5.41) is 2.83. The Kier molecular flexibility index (Phi) is 8.03. The molecular formula is C23H26ClNO5S. The van der Waals surface area contributed by atoms with Crippen molar-refractivity contribution in [2.24, 2.45) is 0 Å². The number of hydrogen-bond acceptors (Lipinski definition) is 7. The van der Waals surface area contributed by atoms with E-state index >= 15 is 0 Å². The van der Waals surface area contributed by atoms with Crippen LogP contribution in [0, 0.1) is 0 Å². The van der Waals surface area contributed by atoms with Crippen LogP contribution >= 0.6 is 22.9 Å². The van der Waals surface area contributed by atoms with Crippen LogP contribution in [0.15, 0.2) is 35.8 Å². The van der Waals surface area contributed by atoms with Crippen molar-refractivity contribution in [1.82, 2.24) is 4.98 Å². The Morgan fingerprint density at radius 2 is 1.94 bits per heavy atom. The predicted octanol–water partition coefficient (Wildman–Crippen LogP) is 6.30. The van der Waals surface area contributed by atoms with Gasteiger partial charge in [-0.25, -0.2) is 14.6 Å². The minimum atomic E-state index is -0.579. The van der Waals surface area contributed by atoms with E-state index in [1.54, 1.807) is 31.2 Å². The first kappa shape index (κ1) is 24.6. The summed E-state index contributed by atoms with van der Waals surface area (Å²) in [7, 11) is 0. The molecule has 0 N–H and O–H groups in total. The minimum Gasteiger partial charge on any atom is -0.489 e. The SMILES string of the molecule is C.CCOC(=O)c1cnc(Cl)c2c(COc3cccc(C(=O)OC(C)(C)C)c3)csc12. The van der Waals surface area contributed by atoms with Gasteiger partial charge in [0.2, 0.25) is 0 Å². The van der Waals surface area contributed by atoms with E-state index in [4.69, 9.17) is 25.8 Å². The fourth-order valence-electron chi connectivity index (χ4n) is 2.73. The van der Waals surface area contributed by atoms with Crippen LogP contribution in [0.1, 0.15) is 61.4 Å². The summed E-state index contributed by atoms with van der Waals surface area (Å²) < 4.78 is 17.1. The van der Waals surface area contributed by atoms with Crippen LogP contribution in [0.25, 0.3) is 10.1 Å². The number of ether oxygens (including phenoxy) is 3. The molecule has 0 fully saturated rings. The smallest absolute Gasteiger partial charge is 0.341 e. The van der Waals surface area contributed by atoms with E-state index < -0.39 is 17.5 Å². The summed E-state index contributed by atoms with van der Waals surface area (Å²) >= 11 is 7.67. The topological polar surface area (TPSA) is 74.7 Å². The predicted molar refractivity (Wildman–Crippen MR) is 123 cm³/mol. The van der Waals surface area contributed by atoms with Crippen molar-refractivity contribution in [3.8, 4) is 5.75 Å². The molecule has 0 spiro atoms. The third-order valence-electron chi connectivity index (χ3n) is 3.98. The molecule has 0 amide bonds. The Balaban J connectivity index is 0.00000341. The second kappa shape index (κ2) is 10.1. The van der Waals surface area contributed by atoms with Gasteiger partial charge < -0.3 is 14.2 Å². The van der Waals surface area contributed by atoms with E-state index in [0.717, 1.165) is 5.56 Å². The number of pyridine rings is 1. The Morgan fingerprint density at radius 3 is 2.61 bits per heavy atom. The lowest BCUT2D eigenvalue weighted by Gasteiger charge is -2.19. The van der Waals surface area contributed by atoms with Crippen LogP contribution < -0.4 is 4.74 Å². The summed E-state index contributed by atoms with van der Waals surface area (Å²) in [6, 6.07) is 6.79. The Labute approximate surface area is 191 Å². The number of hydrogen-bond donors (Lipinski definition) is 0. The van der Waals surface area contributed by atoms with Crippen LogP contribution in [-0.4, -0.2) is 29.1 Å². The summed E-state index contributed by atoms with van der Waals surface area (Å²) in [4.78, 5) is 28.6. The normalized spacial score (nSPS) is 11.0. The Hall–Kier alpha value is -2.64. The van der Waals surface area contributed by atoms with Gasteiger partial charge in [-0.05, 0) is 51.3 Å². The van der Waals surface area contributed by atoms with Gasteiger partial charge in [0.15, 0.2) is 0 Å². The van der Waals surface area contributed by atoms with Gasteiger partial charge in [0, 0.05) is 17.1 Å². The van der Waals surface area contributed by atoms with Crippen LogP contribution in [0.2, 0.25) is 5.15 Å². The van der Waals surface area contributed by atoms with E-state index in [9.17, 15) is 9.59 Å². The number of aromatic nitrogens is 1. The first-order valence-corrected chi connectivity index (χ1v) is 10.6. The van der Waals surface area contributed by atoms with Gasteiger partial charge in [-0.2, -0.15) is 0 Å². The fourth-order valence-corrected chi connectivity index (χ4v) is 4.11. The molecule has 3 aromatic rings. The van der Waals surface area contributed by atoms with Gasteiger partial charge in [0.05, 0.1) is 22.4 Å². The van der Waals surface area contributed by atoms with Crippen molar-refractivity contribution < 1.29 is 23.8 Å². The molecule has 166 valence electrons. The number of carbonyl (C=O) groups is 2. The largest absolute Gasteiger partial charge is 0.489 e. The number of benzene rings is 1. The molecule has 0 atom stereocenters. The van der Waals surface area contributed by atoms with E-state index in [1.165, 1.54) is 17.5 Å². The molecule has 6 nitrogen and oxygen atoms in total. The maximum atomic E-state index is 12.3. The molecule has 0 bridgehead atoms. The van der Waals surface area contributed by atoms with Gasteiger partial charge >= 0.3 is 11.9 Å². The van der Waals surface area contributed by atoms with Crippen molar-refractivity contribution in [1.29, 1.82) is 0 Å². The molecular weight excluding hydrogens is 438 g/mol. The van der Waals surface area contributed by atoms with Crippen molar-refractivity contribution in [3.05, 3.63) is 57.7 Å². The van der Waals surface area contributed by atoms with Gasteiger partial charge in [-0.15, -0.1) is 11.3 Å². The highest BCUT2D eigenvalue weighted by atomic mass is 35.5.